The van der Waals surface area contributed by atoms with E-state index in [0.717, 1.165) is 5.56 Å². The Hall–Kier alpha value is -3.96. The fourth-order valence-electron chi connectivity index (χ4n) is 3.98. The molecule has 3 aromatic rings. The lowest BCUT2D eigenvalue weighted by molar-refractivity contribution is 0.0359. The predicted octanol–water partition coefficient (Wildman–Crippen LogP) is 3.19. The number of halogens is 1. The zero-order chi connectivity index (χ0) is 21.5. The topological polar surface area (TPSA) is 93.2 Å². The van der Waals surface area contributed by atoms with Gasteiger partial charge in [0.05, 0.1) is 35.9 Å². The first-order valence-electron chi connectivity index (χ1n) is 9.67. The Kier molecular flexibility index (Phi) is 4.53. The molecule has 152 valence electrons. The van der Waals surface area contributed by atoms with E-state index in [9.17, 15) is 14.4 Å². The number of fused-ring (bicyclic) bond motifs is 3. The summed E-state index contributed by atoms with van der Waals surface area (Å²) in [6, 6.07) is 7.48. The number of rotatable bonds is 2. The first-order valence-corrected chi connectivity index (χ1v) is 9.67. The minimum atomic E-state index is -0.679. The van der Waals surface area contributed by atoms with Crippen LogP contribution in [-0.2, 0) is 11.3 Å². The van der Waals surface area contributed by atoms with Gasteiger partial charge in [-0.05, 0) is 25.1 Å². The number of hydrogen-bond acceptors (Lipinski definition) is 6. The number of pyridine rings is 1. The van der Waals surface area contributed by atoms with Crippen LogP contribution in [0.4, 0.5) is 4.39 Å². The zero-order valence-electron chi connectivity index (χ0n) is 16.5. The highest BCUT2D eigenvalue weighted by atomic mass is 19.1. The quantitative estimate of drug-likeness (QED) is 0.643. The average molecular weight is 413 g/mol. The number of aromatic nitrogens is 3. The van der Waals surface area contributed by atoms with Gasteiger partial charge in [-0.3, -0.25) is 14.4 Å². The molecule has 2 aliphatic heterocycles. The first-order chi connectivity index (χ1) is 15.1. The van der Waals surface area contributed by atoms with Crippen LogP contribution in [0.25, 0.3) is 16.8 Å². The molecule has 2 aromatic heterocycles. The second-order valence-electron chi connectivity index (χ2n) is 7.27. The van der Waals surface area contributed by atoms with Crippen molar-refractivity contribution in [3.05, 3.63) is 87.6 Å². The van der Waals surface area contributed by atoms with Gasteiger partial charge in [0, 0.05) is 22.9 Å². The number of nitriles is 1. The monoisotopic (exact) mass is 413 g/mol. The highest BCUT2D eigenvalue weighted by Gasteiger charge is 2.33. The van der Waals surface area contributed by atoms with Gasteiger partial charge in [0.15, 0.2) is 0 Å². The van der Waals surface area contributed by atoms with Crippen molar-refractivity contribution >= 4 is 6.21 Å². The molecule has 2 atom stereocenters. The molecule has 0 amide bonds. The summed E-state index contributed by atoms with van der Waals surface area (Å²) in [7, 11) is 0. The number of benzene rings is 1. The second kappa shape index (κ2) is 7.38. The summed E-state index contributed by atoms with van der Waals surface area (Å²) >= 11 is 0. The Morgan fingerprint density at radius 3 is 2.84 bits per heavy atom. The standard InChI is InChI=1S/C23H16FN5O2/c1-13-27-10-14(11-28-13)29-20-12-31-21-6-3-7-26-22(21)17(20)8-16(23(29)30)15-4-2-5-19(24)18(15)9-25/h2-8,10-11,21-22H,12H2,1H3. The van der Waals surface area contributed by atoms with Gasteiger partial charge < -0.3 is 4.74 Å². The molecule has 0 N–H and O–H groups in total. The van der Waals surface area contributed by atoms with E-state index in [1.165, 1.54) is 16.7 Å². The lowest BCUT2D eigenvalue weighted by Crippen LogP contribution is -2.34. The highest BCUT2D eigenvalue weighted by Crippen LogP contribution is 2.37. The molecule has 2 aliphatic rings. The van der Waals surface area contributed by atoms with Gasteiger partial charge >= 0.3 is 0 Å². The van der Waals surface area contributed by atoms with E-state index in [2.05, 4.69) is 15.0 Å². The predicted molar refractivity (Wildman–Crippen MR) is 111 cm³/mol. The molecular formula is C23H16FN5O2. The van der Waals surface area contributed by atoms with Crippen molar-refractivity contribution in [3.8, 4) is 22.9 Å². The highest BCUT2D eigenvalue weighted by molar-refractivity contribution is 5.74. The number of aliphatic imine (C=N–C) groups is 1. The molecule has 7 nitrogen and oxygen atoms in total. The molecule has 0 aliphatic carbocycles. The van der Waals surface area contributed by atoms with Gasteiger partial charge in [-0.15, -0.1) is 0 Å². The Morgan fingerprint density at radius 1 is 1.26 bits per heavy atom. The van der Waals surface area contributed by atoms with Crippen LogP contribution < -0.4 is 5.56 Å². The van der Waals surface area contributed by atoms with Crippen LogP contribution in [0.15, 0.2) is 58.6 Å². The number of ether oxygens (including phenoxy) is 1. The molecule has 2 unspecified atom stereocenters. The fraction of sp³-hybridized carbons (Fsp3) is 0.174. The second-order valence-corrected chi connectivity index (χ2v) is 7.27. The minimum Gasteiger partial charge on any atom is -0.365 e. The SMILES string of the molecule is Cc1ncc(-n2c3c(cc(-c4cccc(F)c4C#N)c2=O)C2N=CC=CC2OC3)cn1. The molecule has 0 saturated carbocycles. The van der Waals surface area contributed by atoms with E-state index in [-0.39, 0.29) is 35.4 Å². The number of nitrogens with zero attached hydrogens (tertiary/aromatic N) is 5. The van der Waals surface area contributed by atoms with Crippen LogP contribution in [0, 0.1) is 24.1 Å². The van der Waals surface area contributed by atoms with Crippen molar-refractivity contribution in [1.29, 1.82) is 5.26 Å². The summed E-state index contributed by atoms with van der Waals surface area (Å²) in [6.45, 7) is 1.94. The van der Waals surface area contributed by atoms with Crippen molar-refractivity contribution in [2.75, 3.05) is 0 Å². The van der Waals surface area contributed by atoms with Crippen LogP contribution in [0.1, 0.15) is 28.7 Å². The van der Waals surface area contributed by atoms with Crippen molar-refractivity contribution in [1.82, 2.24) is 14.5 Å². The fourth-order valence-corrected chi connectivity index (χ4v) is 3.98. The van der Waals surface area contributed by atoms with Gasteiger partial charge in [-0.25, -0.2) is 14.4 Å². The smallest absolute Gasteiger partial charge is 0.263 e. The molecule has 0 fully saturated rings. The molecule has 31 heavy (non-hydrogen) atoms. The Morgan fingerprint density at radius 2 is 2.06 bits per heavy atom. The number of aryl methyl sites for hydroxylation is 1. The summed E-state index contributed by atoms with van der Waals surface area (Å²) in [5.41, 5.74) is 1.72. The molecule has 8 heteroatoms. The molecule has 5 rings (SSSR count). The third-order valence-corrected chi connectivity index (χ3v) is 5.45. The Balaban J connectivity index is 1.85. The maximum absolute atomic E-state index is 14.3. The number of hydrogen-bond donors (Lipinski definition) is 0. The van der Waals surface area contributed by atoms with E-state index in [0.29, 0.717) is 17.2 Å². The first kappa shape index (κ1) is 19.0. The third kappa shape index (κ3) is 3.07. The molecule has 0 saturated heterocycles. The molecule has 0 bridgehead atoms. The van der Waals surface area contributed by atoms with Crippen LogP contribution in [0.5, 0.6) is 0 Å². The maximum Gasteiger partial charge on any atom is 0.263 e. The van der Waals surface area contributed by atoms with Crippen LogP contribution >= 0.6 is 0 Å². The molecular weight excluding hydrogens is 397 g/mol. The largest absolute Gasteiger partial charge is 0.365 e. The van der Waals surface area contributed by atoms with Gasteiger partial charge in [-0.2, -0.15) is 5.26 Å². The van der Waals surface area contributed by atoms with Crippen LogP contribution in [0.3, 0.4) is 0 Å². The van der Waals surface area contributed by atoms with Gasteiger partial charge in [0.1, 0.15) is 29.9 Å². The van der Waals surface area contributed by atoms with E-state index >= 15 is 0 Å². The Labute approximate surface area is 176 Å². The van der Waals surface area contributed by atoms with Crippen molar-refractivity contribution < 1.29 is 9.13 Å². The maximum atomic E-state index is 14.3. The molecule has 0 spiro atoms. The lowest BCUT2D eigenvalue weighted by Gasteiger charge is -2.33. The molecule has 1 aromatic carbocycles. The van der Waals surface area contributed by atoms with Gasteiger partial charge in [-0.1, -0.05) is 18.2 Å². The average Bonchev–Trinajstić information content (AvgIpc) is 2.79. The van der Waals surface area contributed by atoms with Gasteiger partial charge in [0.25, 0.3) is 5.56 Å². The van der Waals surface area contributed by atoms with Crippen molar-refractivity contribution in [2.24, 2.45) is 4.99 Å². The lowest BCUT2D eigenvalue weighted by atomic mass is 9.91. The molecule has 0 radical (unpaired) electrons. The number of allylic oxidation sites excluding steroid dienone is 1. The summed E-state index contributed by atoms with van der Waals surface area (Å²) in [5, 5.41) is 9.52. The summed E-state index contributed by atoms with van der Waals surface area (Å²) in [5.74, 6) is -0.112. The third-order valence-electron chi connectivity index (χ3n) is 5.45. The van der Waals surface area contributed by atoms with Crippen LogP contribution in [-0.4, -0.2) is 26.9 Å². The zero-order valence-corrected chi connectivity index (χ0v) is 16.5. The summed E-state index contributed by atoms with van der Waals surface area (Å²) in [4.78, 5) is 26.6. The van der Waals surface area contributed by atoms with Crippen molar-refractivity contribution in [2.45, 2.75) is 25.7 Å². The van der Waals surface area contributed by atoms with E-state index in [1.807, 2.05) is 18.2 Å². The summed E-state index contributed by atoms with van der Waals surface area (Å²) < 4.78 is 21.8. The van der Waals surface area contributed by atoms with Crippen molar-refractivity contribution in [3.63, 3.8) is 0 Å². The van der Waals surface area contributed by atoms with E-state index in [4.69, 9.17) is 4.74 Å². The normalized spacial score (nSPS) is 18.9. The van der Waals surface area contributed by atoms with Crippen LogP contribution in [0.2, 0.25) is 0 Å². The number of dihydropyridines is 1. The van der Waals surface area contributed by atoms with Gasteiger partial charge in [0.2, 0.25) is 0 Å². The minimum absolute atomic E-state index is 0.179. The summed E-state index contributed by atoms with van der Waals surface area (Å²) in [6.07, 6.45) is 8.26. The molecule has 4 heterocycles. The van der Waals surface area contributed by atoms with E-state index < -0.39 is 11.4 Å². The Bertz CT molecular complexity index is 1350. The van der Waals surface area contributed by atoms with E-state index in [1.54, 1.807) is 37.7 Å².